The zero-order valence-electron chi connectivity index (χ0n) is 12.8. The lowest BCUT2D eigenvalue weighted by Crippen LogP contribution is -2.26. The van der Waals surface area contributed by atoms with E-state index in [0.29, 0.717) is 28.7 Å². The number of fused-ring (bicyclic) bond motifs is 1. The van der Waals surface area contributed by atoms with Gasteiger partial charge in [-0.15, -0.1) is 4.48 Å². The van der Waals surface area contributed by atoms with Crippen LogP contribution in [-0.2, 0) is 0 Å². The van der Waals surface area contributed by atoms with Crippen LogP contribution in [0.15, 0.2) is 40.2 Å². The smallest absolute Gasteiger partial charge is 0.289 e. The average molecular weight is 560 g/mol. The number of benzene rings is 1. The van der Waals surface area contributed by atoms with Gasteiger partial charge in [-0.05, 0) is 60.4 Å². The minimum atomic E-state index is -1.98. The van der Waals surface area contributed by atoms with Crippen LogP contribution in [0.1, 0.15) is 0 Å². The first kappa shape index (κ1) is 20.5. The third-order valence-electron chi connectivity index (χ3n) is 3.00. The molecular weight excluding hydrogens is 553 g/mol. The quantitative estimate of drug-likeness (QED) is 0.0463. The Morgan fingerprint density at radius 1 is 1.41 bits per heavy atom. The average Bonchev–Trinajstić information content (AvgIpc) is 3.04. The third-order valence-corrected chi connectivity index (χ3v) is 7.36. The van der Waals surface area contributed by atoms with Crippen molar-refractivity contribution in [2.75, 3.05) is 5.32 Å². The first-order valence-corrected chi connectivity index (χ1v) is 10.4. The molecule has 0 amide bonds. The highest BCUT2D eigenvalue weighted by atomic mass is 79.9. The Labute approximate surface area is 181 Å². The second-order valence-corrected chi connectivity index (χ2v) is 10.6. The van der Waals surface area contributed by atoms with E-state index in [1.54, 1.807) is 0 Å². The highest BCUT2D eigenvalue weighted by Gasteiger charge is 2.46. The Balaban J connectivity index is 2.00. The number of nitro groups is 1. The molecule has 9 nitrogen and oxygen atoms in total. The van der Waals surface area contributed by atoms with Crippen molar-refractivity contribution in [3.05, 3.63) is 45.2 Å². The Bertz CT molecular complexity index is 997. The van der Waals surface area contributed by atoms with Gasteiger partial charge in [-0.1, -0.05) is 12.1 Å². The molecule has 2 heterocycles. The Hall–Kier alpha value is -1.19. The molecule has 0 radical (unpaired) electrons. The maximum atomic E-state index is 13.7. The maximum absolute atomic E-state index is 13.7. The summed E-state index contributed by atoms with van der Waals surface area (Å²) in [5.74, 6) is 0.354. The fraction of sp³-hybridized carbons (Fsp3) is 0.0833. The number of aromatic nitrogens is 4. The summed E-state index contributed by atoms with van der Waals surface area (Å²) in [6.07, 6.45) is 1.43. The van der Waals surface area contributed by atoms with Crippen LogP contribution in [0.25, 0.3) is 11.2 Å². The lowest BCUT2D eigenvalue weighted by molar-refractivity contribution is -0.286. The summed E-state index contributed by atoms with van der Waals surface area (Å²) in [5.41, 5.74) is 1.53. The number of H-pyrrole nitrogens is 1. The molecule has 0 saturated carbocycles. The van der Waals surface area contributed by atoms with Crippen molar-refractivity contribution < 1.29 is 8.81 Å². The number of hydrogen-bond acceptors (Lipinski definition) is 9. The normalized spacial score (nSPS) is 13.7. The van der Waals surface area contributed by atoms with Crippen LogP contribution in [0.5, 0.6) is 0 Å². The van der Waals surface area contributed by atoms with Gasteiger partial charge in [0.2, 0.25) is 0 Å². The minimum Gasteiger partial charge on any atom is -0.340 e. The van der Waals surface area contributed by atoms with Crippen LogP contribution >= 0.6 is 67.3 Å². The lowest BCUT2D eigenvalue weighted by Gasteiger charge is -2.20. The molecule has 1 aromatic carbocycles. The van der Waals surface area contributed by atoms with Crippen LogP contribution in [0.3, 0.4) is 0 Å². The van der Waals surface area contributed by atoms with Gasteiger partial charge in [0.1, 0.15) is 9.85 Å². The molecule has 2 aromatic heterocycles. The summed E-state index contributed by atoms with van der Waals surface area (Å²) < 4.78 is 11.3. The number of para-hydroxylation sites is 1. The van der Waals surface area contributed by atoms with Crippen molar-refractivity contribution in [3.63, 3.8) is 0 Å². The topological polar surface area (TPSA) is 113 Å². The predicted molar refractivity (Wildman–Crippen MR) is 110 cm³/mol. The van der Waals surface area contributed by atoms with Crippen LogP contribution < -0.4 is 5.32 Å². The molecule has 0 aliphatic heterocycles. The summed E-state index contributed by atoms with van der Waals surface area (Å²) in [7, 11) is 0. The molecule has 1 unspecified atom stereocenters. The maximum Gasteiger partial charge on any atom is 0.289 e. The van der Waals surface area contributed by atoms with Crippen LogP contribution in [0.4, 0.5) is 16.0 Å². The number of nitrogens with one attached hydrogen (secondary N) is 2. The first-order valence-electron chi connectivity index (χ1n) is 6.84. The fourth-order valence-electron chi connectivity index (χ4n) is 1.93. The second-order valence-electron chi connectivity index (χ2n) is 4.72. The molecule has 0 aliphatic carbocycles. The van der Waals surface area contributed by atoms with Crippen LogP contribution in [-0.4, -0.2) is 32.0 Å². The highest BCUT2D eigenvalue weighted by Crippen LogP contribution is 2.50. The van der Waals surface area contributed by atoms with Crippen molar-refractivity contribution in [1.82, 2.24) is 24.6 Å². The number of nitrogens with zero attached hydrogens (tertiary/aromatic N) is 5. The van der Waals surface area contributed by atoms with E-state index in [9.17, 15) is 14.6 Å². The molecule has 3 rings (SSSR count). The van der Waals surface area contributed by atoms with Crippen molar-refractivity contribution in [1.29, 1.82) is 0 Å². The molecule has 27 heavy (non-hydrogen) atoms. The molecule has 0 saturated heterocycles. The summed E-state index contributed by atoms with van der Waals surface area (Å²) in [6, 6.07) is 7.35. The lowest BCUT2D eigenvalue weighted by atomic mass is 10.3. The van der Waals surface area contributed by atoms with Gasteiger partial charge in [0, 0.05) is 16.2 Å². The van der Waals surface area contributed by atoms with Crippen molar-refractivity contribution >= 4 is 90.0 Å². The molecular formula is C12H7Br2ClFN7O2S2. The number of thioether (sulfide) groups is 1. The van der Waals surface area contributed by atoms with Gasteiger partial charge >= 0.3 is 0 Å². The van der Waals surface area contributed by atoms with Gasteiger partial charge in [-0.25, -0.2) is 15.0 Å². The summed E-state index contributed by atoms with van der Waals surface area (Å²) in [4.78, 5) is 26.3. The number of aromatic amines is 1. The molecule has 3 aromatic rings. The standard InChI is InChI=1S/C12H7Br2ClFN7O2S2/c13-6-3-1-2-4-7(6)19-10-8-9(18-5-17-8)20-11(21-10)26-12(14,22(15)16)27-23(24)25/h1-5H,(H2,17,18,19,20,21). The largest absolute Gasteiger partial charge is 0.340 e. The van der Waals surface area contributed by atoms with E-state index in [4.69, 9.17) is 11.8 Å². The third kappa shape index (κ3) is 4.81. The number of halogens is 4. The van der Waals surface area contributed by atoms with E-state index >= 15 is 0 Å². The Morgan fingerprint density at radius 2 is 2.15 bits per heavy atom. The molecule has 142 valence electrons. The zero-order chi connectivity index (χ0) is 19.6. The summed E-state index contributed by atoms with van der Waals surface area (Å²) in [6.45, 7) is 0. The number of hydrogen-bond donors (Lipinski definition) is 2. The van der Waals surface area contributed by atoms with E-state index < -0.39 is 7.44 Å². The van der Waals surface area contributed by atoms with E-state index in [2.05, 4.69) is 57.1 Å². The van der Waals surface area contributed by atoms with E-state index in [1.165, 1.54) is 6.33 Å². The van der Waals surface area contributed by atoms with Crippen molar-refractivity contribution in [2.24, 2.45) is 0 Å². The van der Waals surface area contributed by atoms with E-state index in [1.807, 2.05) is 24.3 Å². The highest BCUT2D eigenvalue weighted by molar-refractivity contribution is 9.13. The van der Waals surface area contributed by atoms with E-state index in [-0.39, 0.29) is 21.7 Å². The van der Waals surface area contributed by atoms with Gasteiger partial charge in [0.25, 0.3) is 15.1 Å². The predicted octanol–water partition coefficient (Wildman–Crippen LogP) is 5.22. The molecule has 15 heteroatoms. The molecule has 0 aliphatic rings. The summed E-state index contributed by atoms with van der Waals surface area (Å²) >= 11 is 12.3. The van der Waals surface area contributed by atoms with E-state index in [0.717, 1.165) is 10.2 Å². The number of imidazole rings is 1. The molecule has 2 N–H and O–H groups in total. The molecule has 0 spiro atoms. The molecule has 1 atom stereocenters. The van der Waals surface area contributed by atoms with Crippen molar-refractivity contribution in [3.8, 4) is 0 Å². The Morgan fingerprint density at radius 3 is 2.81 bits per heavy atom. The minimum absolute atomic E-state index is 0.00924. The van der Waals surface area contributed by atoms with Crippen LogP contribution in [0.2, 0.25) is 0 Å². The van der Waals surface area contributed by atoms with Gasteiger partial charge in [0.15, 0.2) is 16.6 Å². The van der Waals surface area contributed by atoms with Crippen LogP contribution in [0, 0.1) is 10.1 Å². The van der Waals surface area contributed by atoms with Crippen molar-refractivity contribution in [2.45, 2.75) is 8.27 Å². The van der Waals surface area contributed by atoms with Gasteiger partial charge < -0.3 is 10.3 Å². The second kappa shape index (κ2) is 8.45. The zero-order valence-corrected chi connectivity index (χ0v) is 18.3. The summed E-state index contributed by atoms with van der Waals surface area (Å²) in [5, 5.41) is 14.0. The number of anilines is 2. The number of rotatable bonds is 7. The molecule has 0 fully saturated rings. The first-order chi connectivity index (χ1) is 12.8. The Kier molecular flexibility index (Phi) is 6.43. The monoisotopic (exact) mass is 557 g/mol. The SMILES string of the molecule is O=[N+]([O-])SC(Br)(Sc1nc(Nc2ccccc2Br)c2[nH]cnc2n1)N(F)Cl. The molecule has 0 bridgehead atoms. The van der Waals surface area contributed by atoms with Gasteiger partial charge in [-0.2, -0.15) is 0 Å². The fourth-order valence-corrected chi connectivity index (χ4v) is 4.66. The van der Waals surface area contributed by atoms with Gasteiger partial charge in [-0.3, -0.25) is 10.1 Å². The van der Waals surface area contributed by atoms with Gasteiger partial charge in [0.05, 0.1) is 12.0 Å². The number of alkyl halides is 1.